The molecule has 0 heterocycles. The number of nitrogens with one attached hydrogen (secondary N) is 2. The zero-order valence-corrected chi connectivity index (χ0v) is 43.4. The van der Waals surface area contributed by atoms with Crippen LogP contribution >= 0.6 is 7.82 Å². The van der Waals surface area contributed by atoms with Crippen molar-refractivity contribution in [3.05, 3.63) is 0 Å². The number of hydrogen-bond acceptors (Lipinski definition) is 18. The highest BCUT2D eigenvalue weighted by atomic mass is 31.2. The summed E-state index contributed by atoms with van der Waals surface area (Å²) in [6.07, 6.45) is 0.178. The zero-order chi connectivity index (χ0) is 50.3. The molecule has 0 aliphatic carbocycles. The van der Waals surface area contributed by atoms with E-state index in [-0.39, 0.29) is 39.6 Å². The van der Waals surface area contributed by atoms with E-state index in [0.717, 1.165) is 0 Å². The molecule has 0 fully saturated rings. The van der Waals surface area contributed by atoms with Crippen LogP contribution in [0.1, 0.15) is 68.7 Å². The van der Waals surface area contributed by atoms with Crippen LogP contribution < -0.4 is 10.6 Å². The first-order valence-electron chi connectivity index (χ1n) is 23.2. The van der Waals surface area contributed by atoms with E-state index in [9.17, 15) is 23.8 Å². The molecular weight excluding hydrogens is 917 g/mol. The Morgan fingerprint density at radius 1 is 0.515 bits per heavy atom. The van der Waals surface area contributed by atoms with Gasteiger partial charge in [-0.15, -0.1) is 0 Å². The molecule has 23 heteroatoms. The summed E-state index contributed by atoms with van der Waals surface area (Å²) in [6.45, 7) is 21.7. The molecule has 0 aromatic rings. The van der Waals surface area contributed by atoms with Crippen molar-refractivity contribution in [1.82, 2.24) is 10.6 Å². The van der Waals surface area contributed by atoms with Crippen molar-refractivity contribution in [1.29, 1.82) is 0 Å². The van der Waals surface area contributed by atoms with Gasteiger partial charge in [-0.3, -0.25) is 18.6 Å². The van der Waals surface area contributed by atoms with E-state index in [4.69, 9.17) is 65.9 Å². The number of carbonyl (C=O) groups excluding carboxylic acids is 3. The predicted molar refractivity (Wildman–Crippen MR) is 255 cm³/mol. The molecule has 406 valence electrons. The van der Waals surface area contributed by atoms with Crippen molar-refractivity contribution < 1.29 is 94.2 Å². The number of rotatable bonds is 46. The SMILES string of the molecule is C.CCC(C)(CC(C)(C)C(=O)NCCOCCOCCOCCOCCOCCOCCOCCOCCOCCOCCNC(=O)OC(C)(C)C)C(=O)OCCOP(=O)(O)OCC[N+](C)(C)C. The highest BCUT2D eigenvalue weighted by molar-refractivity contribution is 7.47. The number of ether oxygens (including phenoxy) is 12. The highest BCUT2D eigenvalue weighted by Crippen LogP contribution is 2.43. The Kier molecular flexibility index (Phi) is 40.4. The molecule has 22 nitrogen and oxygen atoms in total. The lowest BCUT2D eigenvalue weighted by molar-refractivity contribution is -0.870. The summed E-state index contributed by atoms with van der Waals surface area (Å²) in [5.74, 6) is -0.751. The molecule has 68 heavy (non-hydrogen) atoms. The van der Waals surface area contributed by atoms with Gasteiger partial charge in [-0.1, -0.05) is 28.2 Å². The van der Waals surface area contributed by atoms with Gasteiger partial charge < -0.3 is 76.9 Å². The van der Waals surface area contributed by atoms with Crippen LogP contribution in [0.15, 0.2) is 0 Å². The van der Waals surface area contributed by atoms with E-state index in [0.29, 0.717) is 163 Å². The molecular formula is C45H93N3O19P+. The first kappa shape index (κ1) is 68.0. The lowest BCUT2D eigenvalue weighted by Crippen LogP contribution is -2.44. The fourth-order valence-corrected chi connectivity index (χ4v) is 6.11. The molecule has 0 aliphatic heterocycles. The van der Waals surface area contributed by atoms with Gasteiger partial charge in [0.25, 0.3) is 0 Å². The van der Waals surface area contributed by atoms with Gasteiger partial charge in [-0.05, 0) is 40.5 Å². The molecule has 0 aromatic carbocycles. The molecule has 2 atom stereocenters. The van der Waals surface area contributed by atoms with Crippen molar-refractivity contribution in [3.63, 3.8) is 0 Å². The Balaban J connectivity index is 0. The predicted octanol–water partition coefficient (Wildman–Crippen LogP) is 3.65. The molecule has 0 aromatic heterocycles. The smallest absolute Gasteiger partial charge is 0.463 e. The van der Waals surface area contributed by atoms with Gasteiger partial charge in [0.1, 0.15) is 25.4 Å². The number of amides is 2. The average molecular weight is 1010 g/mol. The summed E-state index contributed by atoms with van der Waals surface area (Å²) in [7, 11) is 1.51. The number of phosphoric acid groups is 1. The summed E-state index contributed by atoms with van der Waals surface area (Å²) >= 11 is 0. The molecule has 0 aliphatic rings. The number of esters is 1. The standard InChI is InChI=1S/C44H88N3O19P.CH4/c1-11-44(7,40(49)63-36-37-65-67(51,52)64-17-14-47(8,9)10)38-43(5,6)39(48)45-12-15-53-18-20-55-22-24-57-26-28-59-30-32-61-34-35-62-33-31-60-29-27-58-25-23-56-21-19-54-16-13-46-41(50)66-42(2,3)4;/h11-38H2,1-10H3,(H2-,45,46,48,50,51,52);1H4/p+1. The van der Waals surface area contributed by atoms with E-state index >= 15 is 0 Å². The molecule has 0 rings (SSSR count). The van der Waals surface area contributed by atoms with Gasteiger partial charge in [0.2, 0.25) is 5.91 Å². The average Bonchev–Trinajstić information content (AvgIpc) is 3.23. The molecule has 0 saturated heterocycles. The van der Waals surface area contributed by atoms with Crippen LogP contribution in [0.3, 0.4) is 0 Å². The Labute approximate surface area is 407 Å². The third-order valence-corrected chi connectivity index (χ3v) is 10.1. The Morgan fingerprint density at radius 3 is 1.19 bits per heavy atom. The van der Waals surface area contributed by atoms with Gasteiger partial charge in [-0.2, -0.15) is 0 Å². The minimum Gasteiger partial charge on any atom is -0.463 e. The fourth-order valence-electron chi connectivity index (χ4n) is 5.42. The second-order valence-electron chi connectivity index (χ2n) is 18.1. The summed E-state index contributed by atoms with van der Waals surface area (Å²) in [6, 6.07) is 0. The van der Waals surface area contributed by atoms with Crippen LogP contribution in [-0.2, 0) is 80.0 Å². The van der Waals surface area contributed by atoms with E-state index in [2.05, 4.69) is 10.6 Å². The lowest BCUT2D eigenvalue weighted by atomic mass is 9.72. The number of nitrogens with zero attached hydrogens (tertiary/aromatic N) is 1. The summed E-state index contributed by atoms with van der Waals surface area (Å²) < 4.78 is 87.9. The Morgan fingerprint density at radius 2 is 0.853 bits per heavy atom. The van der Waals surface area contributed by atoms with Gasteiger partial charge in [0.05, 0.1) is 165 Å². The van der Waals surface area contributed by atoms with Crippen LogP contribution in [0, 0.1) is 10.8 Å². The van der Waals surface area contributed by atoms with Crippen molar-refractivity contribution in [2.24, 2.45) is 10.8 Å². The van der Waals surface area contributed by atoms with E-state index in [1.165, 1.54) is 0 Å². The molecule has 0 radical (unpaired) electrons. The maximum atomic E-state index is 13.0. The Bertz CT molecular complexity index is 1300. The quantitative estimate of drug-likeness (QED) is 0.0341. The number of phosphoric ester groups is 1. The zero-order valence-electron chi connectivity index (χ0n) is 42.5. The largest absolute Gasteiger partial charge is 0.472 e. The molecule has 0 spiro atoms. The summed E-state index contributed by atoms with van der Waals surface area (Å²) in [5, 5.41) is 5.49. The van der Waals surface area contributed by atoms with E-state index in [1.54, 1.807) is 20.8 Å². The number of carbonyl (C=O) groups is 3. The summed E-state index contributed by atoms with van der Waals surface area (Å²) in [5.41, 5.74) is -2.39. The molecule has 2 amide bonds. The second kappa shape index (κ2) is 40.5. The van der Waals surface area contributed by atoms with Crippen molar-refractivity contribution in [2.75, 3.05) is 193 Å². The molecule has 2 unspecified atom stereocenters. The fraction of sp³-hybridized carbons (Fsp3) is 0.933. The number of quaternary nitrogens is 1. The molecule has 0 bridgehead atoms. The van der Waals surface area contributed by atoms with Gasteiger partial charge in [-0.25, -0.2) is 9.36 Å². The molecule has 3 N–H and O–H groups in total. The number of likely N-dealkylation sites (N-methyl/N-ethyl adjacent to an activating group) is 1. The minimum atomic E-state index is -4.27. The Hall–Kier alpha value is -2.12. The first-order valence-corrected chi connectivity index (χ1v) is 24.7. The number of alkyl carbamates (subject to hydrolysis) is 1. The van der Waals surface area contributed by atoms with Gasteiger partial charge >= 0.3 is 19.9 Å². The maximum absolute atomic E-state index is 13.0. The topological polar surface area (TPSA) is 242 Å². The number of hydrogen-bond donors (Lipinski definition) is 3. The third-order valence-electron chi connectivity index (χ3n) is 9.10. The van der Waals surface area contributed by atoms with E-state index in [1.807, 2.05) is 48.8 Å². The monoisotopic (exact) mass is 1010 g/mol. The van der Waals surface area contributed by atoms with Crippen molar-refractivity contribution >= 4 is 25.8 Å². The van der Waals surface area contributed by atoms with Gasteiger partial charge in [0, 0.05) is 18.5 Å². The normalized spacial score (nSPS) is 13.9. The van der Waals surface area contributed by atoms with Crippen LogP contribution in [-0.4, -0.2) is 226 Å². The van der Waals surface area contributed by atoms with Crippen LogP contribution in [0.5, 0.6) is 0 Å². The maximum Gasteiger partial charge on any atom is 0.472 e. The third kappa shape index (κ3) is 42.7. The van der Waals surface area contributed by atoms with E-state index < -0.39 is 36.3 Å². The van der Waals surface area contributed by atoms with Crippen LogP contribution in [0.25, 0.3) is 0 Å². The minimum absolute atomic E-state index is 0. The highest BCUT2D eigenvalue weighted by Gasteiger charge is 2.42. The first-order chi connectivity index (χ1) is 31.6. The summed E-state index contributed by atoms with van der Waals surface area (Å²) in [4.78, 5) is 47.4. The van der Waals surface area contributed by atoms with Crippen LogP contribution in [0.2, 0.25) is 0 Å². The van der Waals surface area contributed by atoms with Crippen molar-refractivity contribution in [3.8, 4) is 0 Å². The lowest BCUT2D eigenvalue weighted by Gasteiger charge is -2.34. The van der Waals surface area contributed by atoms with Gasteiger partial charge in [0.15, 0.2) is 0 Å². The van der Waals surface area contributed by atoms with Crippen LogP contribution in [0.4, 0.5) is 4.79 Å². The van der Waals surface area contributed by atoms with Crippen molar-refractivity contribution in [2.45, 2.75) is 74.3 Å². The molecule has 0 saturated carbocycles. The second-order valence-corrected chi connectivity index (χ2v) is 19.5.